The maximum Gasteiger partial charge on any atom is 0.263 e. The van der Waals surface area contributed by atoms with E-state index in [0.29, 0.717) is 33.3 Å². The summed E-state index contributed by atoms with van der Waals surface area (Å²) in [7, 11) is -3.86. The van der Waals surface area contributed by atoms with Crippen LogP contribution in [0.4, 0.5) is 11.5 Å². The Labute approximate surface area is 170 Å². The average Bonchev–Trinajstić information content (AvgIpc) is 3.12. The van der Waals surface area contributed by atoms with Gasteiger partial charge >= 0.3 is 0 Å². The SMILES string of the molecule is Nc1c(-c2ccc(NS(=O)(=O)c3ccccc3Cl)cc2Cl)cnc2ccnn12. The largest absolute Gasteiger partial charge is 0.383 e. The maximum absolute atomic E-state index is 12.6. The predicted octanol–water partition coefficient (Wildman–Crippen LogP) is 4.09. The van der Waals surface area contributed by atoms with E-state index in [9.17, 15) is 8.42 Å². The lowest BCUT2D eigenvalue weighted by Crippen LogP contribution is -2.13. The molecular weight excluding hydrogens is 421 g/mol. The van der Waals surface area contributed by atoms with Crippen LogP contribution in [0.15, 0.2) is 65.8 Å². The van der Waals surface area contributed by atoms with Gasteiger partial charge in [-0.1, -0.05) is 41.4 Å². The fraction of sp³-hybridized carbons (Fsp3) is 0. The van der Waals surface area contributed by atoms with E-state index >= 15 is 0 Å². The molecule has 0 amide bonds. The van der Waals surface area contributed by atoms with Gasteiger partial charge in [0.25, 0.3) is 10.0 Å². The number of halogens is 2. The second kappa shape index (κ2) is 6.97. The Morgan fingerprint density at radius 2 is 1.79 bits per heavy atom. The van der Waals surface area contributed by atoms with Gasteiger partial charge < -0.3 is 5.73 Å². The van der Waals surface area contributed by atoms with Crippen molar-refractivity contribution in [3.05, 3.63) is 71.0 Å². The third kappa shape index (κ3) is 3.26. The summed E-state index contributed by atoms with van der Waals surface area (Å²) in [5, 5.41) is 4.56. The average molecular weight is 434 g/mol. The van der Waals surface area contributed by atoms with Crippen LogP contribution in [0.5, 0.6) is 0 Å². The highest BCUT2D eigenvalue weighted by Crippen LogP contribution is 2.34. The van der Waals surface area contributed by atoms with Crippen LogP contribution in [0.2, 0.25) is 10.0 Å². The molecule has 4 rings (SSSR count). The molecule has 2 aromatic heterocycles. The molecule has 0 unspecified atom stereocenters. The number of fused-ring (bicyclic) bond motifs is 1. The molecule has 2 aromatic carbocycles. The van der Waals surface area contributed by atoms with Gasteiger partial charge in [0.05, 0.1) is 21.9 Å². The van der Waals surface area contributed by atoms with E-state index in [4.69, 9.17) is 28.9 Å². The third-order valence-corrected chi connectivity index (χ3v) is 6.28. The predicted molar refractivity (Wildman–Crippen MR) is 110 cm³/mol. The van der Waals surface area contributed by atoms with Gasteiger partial charge in [-0.05, 0) is 24.3 Å². The summed E-state index contributed by atoms with van der Waals surface area (Å²) < 4.78 is 29.1. The van der Waals surface area contributed by atoms with Crippen molar-refractivity contribution in [2.24, 2.45) is 0 Å². The minimum absolute atomic E-state index is 0.0190. The van der Waals surface area contributed by atoms with Crippen LogP contribution in [0.1, 0.15) is 0 Å². The molecule has 3 N–H and O–H groups in total. The summed E-state index contributed by atoms with van der Waals surface area (Å²) in [5.41, 5.74) is 8.26. The first-order valence-electron chi connectivity index (χ1n) is 8.02. The van der Waals surface area contributed by atoms with E-state index in [2.05, 4.69) is 14.8 Å². The number of hydrogen-bond acceptors (Lipinski definition) is 5. The molecule has 0 radical (unpaired) electrons. The van der Waals surface area contributed by atoms with Crippen LogP contribution in [0, 0.1) is 0 Å². The molecule has 0 bridgehead atoms. The van der Waals surface area contributed by atoms with Crippen LogP contribution in [0.25, 0.3) is 16.8 Å². The molecular formula is C18H13Cl2N5O2S. The van der Waals surface area contributed by atoms with Crippen LogP contribution >= 0.6 is 23.2 Å². The molecule has 0 aliphatic carbocycles. The van der Waals surface area contributed by atoms with E-state index in [1.165, 1.54) is 22.7 Å². The molecule has 28 heavy (non-hydrogen) atoms. The fourth-order valence-corrected chi connectivity index (χ4v) is 4.62. The summed E-state index contributed by atoms with van der Waals surface area (Å²) in [6.45, 7) is 0. The Morgan fingerprint density at radius 3 is 2.54 bits per heavy atom. The van der Waals surface area contributed by atoms with Gasteiger partial charge in [0.1, 0.15) is 10.7 Å². The summed E-state index contributed by atoms with van der Waals surface area (Å²) in [6.07, 6.45) is 3.19. The van der Waals surface area contributed by atoms with Gasteiger partial charge in [0.15, 0.2) is 5.65 Å². The van der Waals surface area contributed by atoms with E-state index < -0.39 is 10.0 Å². The summed E-state index contributed by atoms with van der Waals surface area (Å²) in [5.74, 6) is 0.376. The van der Waals surface area contributed by atoms with Crippen LogP contribution in [0.3, 0.4) is 0 Å². The van der Waals surface area contributed by atoms with Crippen molar-refractivity contribution in [2.75, 3.05) is 10.5 Å². The minimum Gasteiger partial charge on any atom is -0.383 e. The van der Waals surface area contributed by atoms with Gasteiger partial charge in [-0.25, -0.2) is 13.4 Å². The van der Waals surface area contributed by atoms with Crippen molar-refractivity contribution in [3.63, 3.8) is 0 Å². The van der Waals surface area contributed by atoms with E-state index in [-0.39, 0.29) is 9.92 Å². The van der Waals surface area contributed by atoms with Crippen LogP contribution < -0.4 is 10.5 Å². The molecule has 142 valence electrons. The van der Waals surface area contributed by atoms with Crippen molar-refractivity contribution >= 4 is 50.4 Å². The van der Waals surface area contributed by atoms with Crippen molar-refractivity contribution < 1.29 is 8.42 Å². The minimum atomic E-state index is -3.86. The normalized spacial score (nSPS) is 11.6. The van der Waals surface area contributed by atoms with E-state index in [0.717, 1.165) is 0 Å². The smallest absolute Gasteiger partial charge is 0.263 e. The molecule has 0 spiro atoms. The number of hydrogen-bond donors (Lipinski definition) is 2. The van der Waals surface area contributed by atoms with Gasteiger partial charge in [-0.3, -0.25) is 4.72 Å². The fourth-order valence-electron chi connectivity index (χ4n) is 2.77. The molecule has 2 heterocycles. The number of nitrogen functional groups attached to an aromatic ring is 1. The van der Waals surface area contributed by atoms with Gasteiger partial charge in [-0.2, -0.15) is 9.61 Å². The summed E-state index contributed by atoms with van der Waals surface area (Å²) >= 11 is 12.4. The molecule has 0 aliphatic rings. The number of rotatable bonds is 4. The lowest BCUT2D eigenvalue weighted by Gasteiger charge is -2.12. The maximum atomic E-state index is 12.6. The highest BCUT2D eigenvalue weighted by Gasteiger charge is 2.19. The summed E-state index contributed by atoms with van der Waals surface area (Å²) in [4.78, 5) is 4.27. The first-order chi connectivity index (χ1) is 13.4. The molecule has 4 aromatic rings. The summed E-state index contributed by atoms with van der Waals surface area (Å²) in [6, 6.07) is 12.7. The van der Waals surface area contributed by atoms with Crippen LogP contribution in [-0.4, -0.2) is 23.0 Å². The van der Waals surface area contributed by atoms with Crippen molar-refractivity contribution in [1.29, 1.82) is 0 Å². The second-order valence-corrected chi connectivity index (χ2v) is 8.35. The number of nitrogens with two attached hydrogens (primary N) is 1. The quantitative estimate of drug-likeness (QED) is 0.504. The van der Waals surface area contributed by atoms with E-state index in [1.54, 1.807) is 42.7 Å². The zero-order valence-corrected chi connectivity index (χ0v) is 16.5. The zero-order chi connectivity index (χ0) is 19.9. The van der Waals surface area contributed by atoms with E-state index in [1.807, 2.05) is 0 Å². The standard InChI is InChI=1S/C18H13Cl2N5O2S/c19-14-3-1-2-4-16(14)28(26,27)24-11-5-6-12(15(20)9-11)13-10-22-17-7-8-23-25(17)18(13)21/h1-10,24H,21H2. The Kier molecular flexibility index (Phi) is 4.62. The van der Waals surface area contributed by atoms with Gasteiger partial charge in [0.2, 0.25) is 0 Å². The lowest BCUT2D eigenvalue weighted by atomic mass is 10.1. The molecule has 7 nitrogen and oxygen atoms in total. The highest BCUT2D eigenvalue weighted by molar-refractivity contribution is 7.92. The molecule has 0 saturated carbocycles. The number of anilines is 2. The van der Waals surface area contributed by atoms with Crippen molar-refractivity contribution in [3.8, 4) is 11.1 Å². The first-order valence-corrected chi connectivity index (χ1v) is 10.3. The molecule has 0 fully saturated rings. The number of nitrogens with zero attached hydrogens (tertiary/aromatic N) is 3. The van der Waals surface area contributed by atoms with Gasteiger partial charge in [0, 0.05) is 23.4 Å². The number of nitrogens with one attached hydrogen (secondary N) is 1. The third-order valence-electron chi connectivity index (χ3n) is 4.09. The van der Waals surface area contributed by atoms with Gasteiger partial charge in [-0.15, -0.1) is 0 Å². The second-order valence-electron chi connectivity index (χ2n) is 5.89. The lowest BCUT2D eigenvalue weighted by molar-refractivity contribution is 0.601. The first kappa shape index (κ1) is 18.5. The Balaban J connectivity index is 1.70. The Morgan fingerprint density at radius 1 is 1.00 bits per heavy atom. The van der Waals surface area contributed by atoms with Crippen molar-refractivity contribution in [2.45, 2.75) is 4.90 Å². The number of sulfonamides is 1. The topological polar surface area (TPSA) is 102 Å². The molecule has 10 heteroatoms. The number of aromatic nitrogens is 3. The Bertz CT molecular complexity index is 1300. The Hall–Kier alpha value is -2.81. The van der Waals surface area contributed by atoms with Crippen molar-refractivity contribution in [1.82, 2.24) is 14.6 Å². The molecule has 0 atom stereocenters. The monoisotopic (exact) mass is 433 g/mol. The molecule has 0 aliphatic heterocycles. The highest BCUT2D eigenvalue weighted by atomic mass is 35.5. The zero-order valence-electron chi connectivity index (χ0n) is 14.2. The number of benzene rings is 2. The van der Waals surface area contributed by atoms with Crippen LogP contribution in [-0.2, 0) is 10.0 Å². The molecule has 0 saturated heterocycles.